The van der Waals surface area contributed by atoms with Crippen LogP contribution in [0.4, 0.5) is 0 Å². The first kappa shape index (κ1) is 8.28. The van der Waals surface area contributed by atoms with Crippen LogP contribution in [0.25, 0.3) is 0 Å². The molecule has 1 aliphatic carbocycles. The van der Waals surface area contributed by atoms with Crippen LogP contribution in [-0.2, 0) is 0 Å². The number of hydrogen-bond donors (Lipinski definition) is 0. The van der Waals surface area contributed by atoms with Crippen LogP contribution >= 0.6 is 31.9 Å². The molecule has 0 radical (unpaired) electrons. The highest BCUT2D eigenvalue weighted by atomic mass is 79.9. The van der Waals surface area contributed by atoms with Crippen LogP contribution in [0.1, 0.15) is 0 Å². The van der Waals surface area contributed by atoms with Gasteiger partial charge in [-0.05, 0) is 0 Å². The maximum Gasteiger partial charge on any atom is 0.0488 e. The van der Waals surface area contributed by atoms with Crippen LogP contribution in [0, 0.1) is 0 Å². The van der Waals surface area contributed by atoms with Gasteiger partial charge in [-0.25, -0.2) is 0 Å². The highest BCUT2D eigenvalue weighted by Crippen LogP contribution is 2.17. The number of halogens is 2. The molecule has 0 bridgehead atoms. The average Bonchev–Trinajstić information content (AvgIpc) is 1.92. The van der Waals surface area contributed by atoms with Crippen molar-refractivity contribution in [2.45, 2.75) is 9.65 Å². The smallest absolute Gasteiger partial charge is 0.0488 e. The van der Waals surface area contributed by atoms with Gasteiger partial charge in [-0.15, -0.1) is 0 Å². The largest absolute Gasteiger partial charge is 0.0830 e. The molecule has 0 fully saturated rings. The predicted molar refractivity (Wildman–Crippen MR) is 52.9 cm³/mol. The van der Waals surface area contributed by atoms with Crippen LogP contribution in [0.3, 0.4) is 0 Å². The van der Waals surface area contributed by atoms with Crippen molar-refractivity contribution >= 4 is 31.9 Å². The van der Waals surface area contributed by atoms with E-state index in [9.17, 15) is 0 Å². The van der Waals surface area contributed by atoms with Crippen molar-refractivity contribution in [3.63, 3.8) is 0 Å². The SMILES string of the molecule is Br[C@@H]1\C=C/C=C\C=C/[C@H]1Br. The number of hydrogen-bond acceptors (Lipinski definition) is 0. The molecule has 0 N–H and O–H groups in total. The van der Waals surface area contributed by atoms with E-state index in [1.54, 1.807) is 0 Å². The van der Waals surface area contributed by atoms with E-state index in [1.807, 2.05) is 24.3 Å². The zero-order chi connectivity index (χ0) is 7.40. The molecular weight excluding hydrogens is 256 g/mol. The molecule has 2 heteroatoms. The molecule has 54 valence electrons. The van der Waals surface area contributed by atoms with Crippen molar-refractivity contribution in [1.82, 2.24) is 0 Å². The lowest BCUT2D eigenvalue weighted by Gasteiger charge is -2.07. The number of allylic oxidation sites excluding steroid dienone is 6. The lowest BCUT2D eigenvalue weighted by molar-refractivity contribution is 1.13. The summed E-state index contributed by atoms with van der Waals surface area (Å²) in [4.78, 5) is 0.794. The maximum atomic E-state index is 3.52. The third-order valence-electron chi connectivity index (χ3n) is 1.23. The lowest BCUT2D eigenvalue weighted by Crippen LogP contribution is -2.07. The van der Waals surface area contributed by atoms with E-state index < -0.39 is 0 Å². The lowest BCUT2D eigenvalue weighted by atomic mass is 10.2. The molecule has 10 heavy (non-hydrogen) atoms. The summed E-state index contributed by atoms with van der Waals surface area (Å²) in [5.74, 6) is 0. The predicted octanol–water partition coefficient (Wildman–Crippen LogP) is 3.20. The fraction of sp³-hybridized carbons (Fsp3) is 0.250. The molecule has 0 aromatic carbocycles. The van der Waals surface area contributed by atoms with Crippen LogP contribution in [0.15, 0.2) is 36.5 Å². The Balaban J connectivity index is 2.71. The fourth-order valence-electron chi connectivity index (χ4n) is 0.681. The van der Waals surface area contributed by atoms with Gasteiger partial charge in [-0.3, -0.25) is 0 Å². The molecule has 0 amide bonds. The minimum Gasteiger partial charge on any atom is -0.0830 e. The summed E-state index contributed by atoms with van der Waals surface area (Å²) in [5, 5.41) is 0. The van der Waals surface area contributed by atoms with Gasteiger partial charge >= 0.3 is 0 Å². The van der Waals surface area contributed by atoms with Gasteiger partial charge in [0, 0.05) is 9.65 Å². The molecule has 0 unspecified atom stereocenters. The average molecular weight is 264 g/mol. The fourth-order valence-corrected chi connectivity index (χ4v) is 1.39. The van der Waals surface area contributed by atoms with Crippen molar-refractivity contribution < 1.29 is 0 Å². The molecule has 1 rings (SSSR count). The van der Waals surface area contributed by atoms with E-state index in [2.05, 4.69) is 44.0 Å². The zero-order valence-corrected chi connectivity index (χ0v) is 8.55. The van der Waals surface area contributed by atoms with Crippen molar-refractivity contribution in [2.24, 2.45) is 0 Å². The molecular formula is C8H8Br2. The number of alkyl halides is 2. The summed E-state index contributed by atoms with van der Waals surface area (Å²) in [6.07, 6.45) is 12.3. The number of rotatable bonds is 0. The molecule has 0 heterocycles. The highest BCUT2D eigenvalue weighted by molar-refractivity contribution is 9.12. The molecule has 0 spiro atoms. The summed E-state index contributed by atoms with van der Waals surface area (Å²) >= 11 is 7.04. The molecule has 0 saturated heterocycles. The van der Waals surface area contributed by atoms with Gasteiger partial charge in [-0.1, -0.05) is 68.3 Å². The Bertz CT molecular complexity index is 160. The first-order valence-electron chi connectivity index (χ1n) is 3.10. The Hall–Kier alpha value is 0.180. The van der Waals surface area contributed by atoms with Gasteiger partial charge in [0.05, 0.1) is 0 Å². The topological polar surface area (TPSA) is 0 Å². The second kappa shape index (κ2) is 4.14. The summed E-state index contributed by atoms with van der Waals surface area (Å²) in [7, 11) is 0. The summed E-state index contributed by atoms with van der Waals surface area (Å²) in [6, 6.07) is 0. The summed E-state index contributed by atoms with van der Waals surface area (Å²) < 4.78 is 0. The monoisotopic (exact) mass is 262 g/mol. The van der Waals surface area contributed by atoms with Crippen LogP contribution in [0.5, 0.6) is 0 Å². The zero-order valence-electron chi connectivity index (χ0n) is 5.37. The molecule has 0 saturated carbocycles. The Morgan fingerprint density at radius 1 is 0.700 bits per heavy atom. The second-order valence-electron chi connectivity index (χ2n) is 2.04. The molecule has 0 aliphatic heterocycles. The van der Waals surface area contributed by atoms with E-state index in [-0.39, 0.29) is 0 Å². The van der Waals surface area contributed by atoms with Crippen molar-refractivity contribution in [1.29, 1.82) is 0 Å². The van der Waals surface area contributed by atoms with Crippen molar-refractivity contribution in [2.75, 3.05) is 0 Å². The highest BCUT2D eigenvalue weighted by Gasteiger charge is 2.08. The van der Waals surface area contributed by atoms with Crippen LogP contribution in [-0.4, -0.2) is 9.65 Å². The van der Waals surface area contributed by atoms with Gasteiger partial charge in [0.25, 0.3) is 0 Å². The summed E-state index contributed by atoms with van der Waals surface area (Å²) in [6.45, 7) is 0. The van der Waals surface area contributed by atoms with Gasteiger partial charge < -0.3 is 0 Å². The van der Waals surface area contributed by atoms with Gasteiger partial charge in [0.1, 0.15) is 0 Å². The Kier molecular flexibility index (Phi) is 3.43. The molecule has 0 nitrogen and oxygen atoms in total. The first-order valence-corrected chi connectivity index (χ1v) is 4.93. The molecule has 0 aromatic heterocycles. The van der Waals surface area contributed by atoms with E-state index in [0.29, 0.717) is 9.65 Å². The Morgan fingerprint density at radius 3 is 1.50 bits per heavy atom. The van der Waals surface area contributed by atoms with Crippen LogP contribution in [0.2, 0.25) is 0 Å². The normalized spacial score (nSPS) is 41.4. The minimum absolute atomic E-state index is 0.397. The van der Waals surface area contributed by atoms with Gasteiger partial charge in [0.2, 0.25) is 0 Å². The third-order valence-corrected chi connectivity index (χ3v) is 3.69. The molecule has 2 atom stereocenters. The minimum atomic E-state index is 0.397. The van der Waals surface area contributed by atoms with E-state index in [4.69, 9.17) is 0 Å². The Labute approximate surface area is 78.0 Å². The van der Waals surface area contributed by atoms with E-state index >= 15 is 0 Å². The van der Waals surface area contributed by atoms with Gasteiger partial charge in [-0.2, -0.15) is 0 Å². The standard InChI is InChI=1S/C8H8Br2/c9-7-5-3-1-2-4-6-8(7)10/h1-8H/b2-1-,5-3-,6-4-/t7-,8-/m1/s1. The van der Waals surface area contributed by atoms with Crippen molar-refractivity contribution in [3.05, 3.63) is 36.5 Å². The molecule has 1 aliphatic rings. The second-order valence-corrected chi connectivity index (χ2v) is 4.16. The summed E-state index contributed by atoms with van der Waals surface area (Å²) in [5.41, 5.74) is 0. The Morgan fingerprint density at radius 2 is 1.10 bits per heavy atom. The van der Waals surface area contributed by atoms with Gasteiger partial charge in [0.15, 0.2) is 0 Å². The first-order chi connectivity index (χ1) is 4.80. The van der Waals surface area contributed by atoms with E-state index in [1.165, 1.54) is 0 Å². The van der Waals surface area contributed by atoms with Crippen molar-refractivity contribution in [3.8, 4) is 0 Å². The third kappa shape index (κ3) is 2.43. The quantitative estimate of drug-likeness (QED) is 0.589. The van der Waals surface area contributed by atoms with E-state index in [0.717, 1.165) is 0 Å². The van der Waals surface area contributed by atoms with Crippen LogP contribution < -0.4 is 0 Å². The molecule has 0 aromatic rings. The maximum absolute atomic E-state index is 3.52.